The van der Waals surface area contributed by atoms with E-state index in [1.165, 1.54) is 0 Å². The van der Waals surface area contributed by atoms with Crippen molar-refractivity contribution in [3.63, 3.8) is 0 Å². The van der Waals surface area contributed by atoms with Gasteiger partial charge in [0, 0.05) is 25.1 Å². The minimum Gasteiger partial charge on any atom is -0.493 e. The minimum absolute atomic E-state index is 0.106. The highest BCUT2D eigenvalue weighted by Crippen LogP contribution is 2.33. The van der Waals surface area contributed by atoms with Crippen LogP contribution >= 0.6 is 0 Å². The van der Waals surface area contributed by atoms with Crippen LogP contribution in [0.4, 0.5) is 0 Å². The van der Waals surface area contributed by atoms with E-state index in [1.807, 2.05) is 18.2 Å². The normalized spacial score (nSPS) is 22.7. The lowest BCUT2D eigenvalue weighted by Gasteiger charge is -2.13. The molecule has 0 aliphatic carbocycles. The zero-order chi connectivity index (χ0) is 16.9. The third kappa shape index (κ3) is 3.46. The van der Waals surface area contributed by atoms with E-state index >= 15 is 0 Å². The van der Waals surface area contributed by atoms with Crippen LogP contribution in [0.1, 0.15) is 24.8 Å². The number of hydrogen-bond donors (Lipinski definition) is 1. The Morgan fingerprint density at radius 1 is 1.38 bits per heavy atom. The molecule has 0 bridgehead atoms. The number of ether oxygens (including phenoxy) is 3. The first-order valence-corrected chi connectivity index (χ1v) is 8.06. The van der Waals surface area contributed by atoms with Crippen molar-refractivity contribution in [2.75, 3.05) is 27.4 Å². The largest absolute Gasteiger partial charge is 0.493 e. The summed E-state index contributed by atoms with van der Waals surface area (Å²) in [5.41, 5.74) is 1.44. The average molecular weight is 334 g/mol. The van der Waals surface area contributed by atoms with Crippen LogP contribution in [0.25, 0.3) is 0 Å². The summed E-state index contributed by atoms with van der Waals surface area (Å²) in [6, 6.07) is 5.53. The van der Waals surface area contributed by atoms with E-state index in [1.54, 1.807) is 14.2 Å². The molecule has 0 aromatic heterocycles. The summed E-state index contributed by atoms with van der Waals surface area (Å²) in [7, 11) is 3.15. The lowest BCUT2D eigenvalue weighted by Crippen LogP contribution is -2.39. The Bertz CT molecular complexity index is 625. The first-order valence-electron chi connectivity index (χ1n) is 8.06. The van der Waals surface area contributed by atoms with E-state index in [0.717, 1.165) is 25.0 Å². The number of para-hydroxylation sites is 1. The van der Waals surface area contributed by atoms with Crippen LogP contribution in [0.5, 0.6) is 11.5 Å². The van der Waals surface area contributed by atoms with Crippen LogP contribution < -0.4 is 14.8 Å². The molecule has 0 unspecified atom stereocenters. The maximum absolute atomic E-state index is 12.2. The molecule has 3 rings (SSSR count). The van der Waals surface area contributed by atoms with E-state index in [4.69, 9.17) is 19.0 Å². The number of amides is 1. The molecule has 1 fully saturated rings. The molecule has 24 heavy (non-hydrogen) atoms. The molecular weight excluding hydrogens is 312 g/mol. The van der Waals surface area contributed by atoms with Gasteiger partial charge in [0.25, 0.3) is 5.91 Å². The van der Waals surface area contributed by atoms with Crippen molar-refractivity contribution in [1.82, 2.24) is 5.32 Å². The Morgan fingerprint density at radius 3 is 2.96 bits per heavy atom. The smallest absolute Gasteiger partial charge is 0.264 e. The summed E-state index contributed by atoms with van der Waals surface area (Å²) in [5.74, 6) is 1.03. The van der Waals surface area contributed by atoms with Crippen molar-refractivity contribution in [2.45, 2.75) is 31.5 Å². The second-order valence-electron chi connectivity index (χ2n) is 5.76. The highest BCUT2D eigenvalue weighted by atomic mass is 16.6. The first-order chi connectivity index (χ1) is 11.7. The van der Waals surface area contributed by atoms with Crippen LogP contribution in [-0.2, 0) is 14.4 Å². The zero-order valence-electron chi connectivity index (χ0n) is 13.9. The molecular formula is C17H22N2O5. The van der Waals surface area contributed by atoms with E-state index in [9.17, 15) is 4.79 Å². The van der Waals surface area contributed by atoms with Crippen molar-refractivity contribution in [2.24, 2.45) is 5.16 Å². The Labute approximate surface area is 140 Å². The summed E-state index contributed by atoms with van der Waals surface area (Å²) in [6.07, 6.45) is 1.89. The number of rotatable bonds is 6. The monoisotopic (exact) mass is 334 g/mol. The number of nitrogens with zero attached hydrogens (tertiary/aromatic N) is 1. The molecule has 2 heterocycles. The molecule has 2 aliphatic rings. The van der Waals surface area contributed by atoms with Gasteiger partial charge < -0.3 is 24.4 Å². The van der Waals surface area contributed by atoms with Gasteiger partial charge in [-0.05, 0) is 25.0 Å². The molecule has 7 nitrogen and oxygen atoms in total. The maximum Gasteiger partial charge on any atom is 0.264 e. The predicted molar refractivity (Wildman–Crippen MR) is 87.6 cm³/mol. The second kappa shape index (κ2) is 7.53. The molecule has 0 spiro atoms. The molecule has 2 aliphatic heterocycles. The molecule has 130 valence electrons. The molecule has 1 aromatic rings. The molecule has 2 atom stereocenters. The topological polar surface area (TPSA) is 78.4 Å². The third-order valence-electron chi connectivity index (χ3n) is 4.20. The van der Waals surface area contributed by atoms with Gasteiger partial charge in [0.05, 0.1) is 26.0 Å². The maximum atomic E-state index is 12.2. The lowest BCUT2D eigenvalue weighted by molar-refractivity contribution is -0.131. The van der Waals surface area contributed by atoms with Gasteiger partial charge in [-0.25, -0.2) is 0 Å². The standard InChI is InChI=1S/C17H22N2O5/c1-21-14-7-3-6-12(16(14)22-2)13-9-15(24-19-13)17(20)18-10-11-5-4-8-23-11/h3,6-7,11,15H,4-5,8-10H2,1-2H3,(H,18,20)/t11-,15-/m0/s1. The molecule has 1 N–H and O–H groups in total. The van der Waals surface area contributed by atoms with Crippen molar-refractivity contribution >= 4 is 11.6 Å². The van der Waals surface area contributed by atoms with Gasteiger partial charge in [0.15, 0.2) is 11.5 Å². The first kappa shape index (κ1) is 16.6. The molecule has 1 aromatic carbocycles. The van der Waals surface area contributed by atoms with E-state index in [0.29, 0.717) is 30.2 Å². The second-order valence-corrected chi connectivity index (χ2v) is 5.76. The Hall–Kier alpha value is -2.28. The van der Waals surface area contributed by atoms with Crippen LogP contribution in [0, 0.1) is 0 Å². The number of carbonyl (C=O) groups excluding carboxylic acids is 1. The van der Waals surface area contributed by atoms with Gasteiger partial charge in [-0.1, -0.05) is 11.2 Å². The SMILES string of the molecule is COc1cccc(C2=NO[C@H](C(=O)NC[C@@H]3CCCO3)C2)c1OC. The van der Waals surface area contributed by atoms with Gasteiger partial charge in [-0.3, -0.25) is 4.79 Å². The van der Waals surface area contributed by atoms with Crippen LogP contribution in [0.15, 0.2) is 23.4 Å². The summed E-state index contributed by atoms with van der Waals surface area (Å²) in [4.78, 5) is 17.5. The average Bonchev–Trinajstić information content (AvgIpc) is 3.30. The van der Waals surface area contributed by atoms with E-state index < -0.39 is 6.10 Å². The van der Waals surface area contributed by atoms with Gasteiger partial charge in [-0.2, -0.15) is 0 Å². The summed E-state index contributed by atoms with van der Waals surface area (Å²) in [5, 5.41) is 6.93. The van der Waals surface area contributed by atoms with Crippen molar-refractivity contribution in [3.05, 3.63) is 23.8 Å². The number of nitrogens with one attached hydrogen (secondary N) is 1. The van der Waals surface area contributed by atoms with E-state index in [-0.39, 0.29) is 12.0 Å². The fraction of sp³-hybridized carbons (Fsp3) is 0.529. The van der Waals surface area contributed by atoms with Crippen molar-refractivity contribution < 1.29 is 23.8 Å². The van der Waals surface area contributed by atoms with Gasteiger partial charge in [0.2, 0.25) is 6.10 Å². The van der Waals surface area contributed by atoms with Crippen LogP contribution in [0.3, 0.4) is 0 Å². The molecule has 1 amide bonds. The molecule has 0 saturated carbocycles. The Kier molecular flexibility index (Phi) is 5.20. The highest BCUT2D eigenvalue weighted by molar-refractivity contribution is 6.06. The predicted octanol–water partition coefficient (Wildman–Crippen LogP) is 1.49. The van der Waals surface area contributed by atoms with Gasteiger partial charge >= 0.3 is 0 Å². The summed E-state index contributed by atoms with van der Waals surface area (Å²) < 4.78 is 16.2. The number of methoxy groups -OCH3 is 2. The zero-order valence-corrected chi connectivity index (χ0v) is 13.9. The summed E-state index contributed by atoms with van der Waals surface area (Å²) in [6.45, 7) is 1.28. The lowest BCUT2D eigenvalue weighted by atomic mass is 10.0. The van der Waals surface area contributed by atoms with Gasteiger partial charge in [-0.15, -0.1) is 0 Å². The third-order valence-corrected chi connectivity index (χ3v) is 4.20. The quantitative estimate of drug-likeness (QED) is 0.853. The fourth-order valence-corrected chi connectivity index (χ4v) is 2.93. The molecule has 1 saturated heterocycles. The van der Waals surface area contributed by atoms with Gasteiger partial charge in [0.1, 0.15) is 0 Å². The van der Waals surface area contributed by atoms with Crippen LogP contribution in [0.2, 0.25) is 0 Å². The highest BCUT2D eigenvalue weighted by Gasteiger charge is 2.31. The summed E-state index contributed by atoms with van der Waals surface area (Å²) >= 11 is 0. The Morgan fingerprint density at radius 2 is 2.25 bits per heavy atom. The van der Waals surface area contributed by atoms with Crippen molar-refractivity contribution in [1.29, 1.82) is 0 Å². The van der Waals surface area contributed by atoms with E-state index in [2.05, 4.69) is 10.5 Å². The minimum atomic E-state index is -0.627. The Balaban J connectivity index is 1.61. The fourth-order valence-electron chi connectivity index (χ4n) is 2.93. The number of oxime groups is 1. The van der Waals surface area contributed by atoms with Crippen molar-refractivity contribution in [3.8, 4) is 11.5 Å². The number of benzene rings is 1. The number of carbonyl (C=O) groups is 1. The van der Waals surface area contributed by atoms with Crippen LogP contribution in [-0.4, -0.2) is 51.2 Å². The number of hydrogen-bond acceptors (Lipinski definition) is 6. The molecule has 7 heteroatoms. The molecule has 0 radical (unpaired) electrons.